The van der Waals surface area contributed by atoms with Crippen molar-refractivity contribution < 1.29 is 0 Å². The standard InChI is InChI=1S/C10H13N3/c1-8(2)10-12-6-4-9-11-5-3-7-13(9)10/h3-6,8H,7H2,1-2H3. The van der Waals surface area contributed by atoms with Crippen molar-refractivity contribution in [2.45, 2.75) is 13.8 Å². The van der Waals surface area contributed by atoms with E-state index >= 15 is 0 Å². The lowest BCUT2D eigenvalue weighted by molar-refractivity contribution is 0.614. The lowest BCUT2D eigenvalue weighted by Gasteiger charge is -2.30. The molecule has 0 spiro atoms. The molecule has 0 amide bonds. The average molecular weight is 175 g/mol. The molecule has 2 aliphatic heterocycles. The van der Waals surface area contributed by atoms with E-state index < -0.39 is 0 Å². The van der Waals surface area contributed by atoms with E-state index in [9.17, 15) is 0 Å². The van der Waals surface area contributed by atoms with Gasteiger partial charge in [-0.15, -0.1) is 0 Å². The Labute approximate surface area is 78.2 Å². The Morgan fingerprint density at radius 2 is 2.15 bits per heavy atom. The van der Waals surface area contributed by atoms with Gasteiger partial charge in [-0.1, -0.05) is 13.8 Å². The summed E-state index contributed by atoms with van der Waals surface area (Å²) in [5, 5.41) is 0. The summed E-state index contributed by atoms with van der Waals surface area (Å²) < 4.78 is 0. The van der Waals surface area contributed by atoms with Crippen molar-refractivity contribution in [1.29, 1.82) is 0 Å². The summed E-state index contributed by atoms with van der Waals surface area (Å²) in [5.74, 6) is 2.55. The number of rotatable bonds is 1. The van der Waals surface area contributed by atoms with Gasteiger partial charge in [-0.05, 0) is 12.2 Å². The molecule has 0 aliphatic carbocycles. The molecule has 0 N–H and O–H groups in total. The van der Waals surface area contributed by atoms with Gasteiger partial charge < -0.3 is 4.90 Å². The molecule has 3 heteroatoms. The summed E-state index contributed by atoms with van der Waals surface area (Å²) in [5.41, 5.74) is 0. The third-order valence-corrected chi connectivity index (χ3v) is 2.10. The van der Waals surface area contributed by atoms with Crippen LogP contribution in [0, 0.1) is 5.92 Å². The molecule has 0 saturated carbocycles. The van der Waals surface area contributed by atoms with Crippen LogP contribution in [-0.2, 0) is 0 Å². The molecule has 2 heterocycles. The van der Waals surface area contributed by atoms with E-state index in [0.29, 0.717) is 5.92 Å². The fraction of sp³-hybridized carbons (Fsp3) is 0.400. The summed E-state index contributed by atoms with van der Waals surface area (Å²) in [6, 6.07) is 0. The van der Waals surface area contributed by atoms with Gasteiger partial charge in [0.05, 0.1) is 0 Å². The van der Waals surface area contributed by atoms with Gasteiger partial charge in [0, 0.05) is 24.9 Å². The molecule has 0 aromatic heterocycles. The monoisotopic (exact) mass is 175 g/mol. The maximum absolute atomic E-state index is 4.36. The first kappa shape index (κ1) is 8.23. The fourth-order valence-corrected chi connectivity index (χ4v) is 1.50. The second kappa shape index (κ2) is 3.17. The van der Waals surface area contributed by atoms with Crippen molar-refractivity contribution in [1.82, 2.24) is 4.90 Å². The first-order valence-electron chi connectivity index (χ1n) is 4.53. The SMILES string of the molecule is CC(C)C1=NC=CC2=NC=CCN21. The molecule has 0 atom stereocenters. The van der Waals surface area contributed by atoms with Gasteiger partial charge in [-0.3, -0.25) is 0 Å². The van der Waals surface area contributed by atoms with Crippen LogP contribution in [0.25, 0.3) is 0 Å². The van der Waals surface area contributed by atoms with Crippen LogP contribution in [0.2, 0.25) is 0 Å². The van der Waals surface area contributed by atoms with Gasteiger partial charge in [0.1, 0.15) is 11.7 Å². The molecular formula is C10H13N3. The van der Waals surface area contributed by atoms with Crippen molar-refractivity contribution >= 4 is 11.7 Å². The first-order valence-corrected chi connectivity index (χ1v) is 4.53. The Morgan fingerprint density at radius 1 is 1.31 bits per heavy atom. The summed E-state index contributed by atoms with van der Waals surface area (Å²) in [6.45, 7) is 5.18. The number of amidine groups is 2. The Balaban J connectivity index is 2.32. The Hall–Kier alpha value is -1.38. The fourth-order valence-electron chi connectivity index (χ4n) is 1.50. The normalized spacial score (nSPS) is 20.1. The third-order valence-electron chi connectivity index (χ3n) is 2.10. The van der Waals surface area contributed by atoms with E-state index in [1.54, 1.807) is 0 Å². The van der Waals surface area contributed by atoms with E-state index in [4.69, 9.17) is 0 Å². The van der Waals surface area contributed by atoms with Gasteiger partial charge in [0.15, 0.2) is 0 Å². The highest BCUT2D eigenvalue weighted by Gasteiger charge is 2.20. The number of aliphatic imine (C=N–C) groups is 2. The molecule has 13 heavy (non-hydrogen) atoms. The van der Waals surface area contributed by atoms with E-state index in [-0.39, 0.29) is 0 Å². The molecular weight excluding hydrogens is 162 g/mol. The van der Waals surface area contributed by atoms with E-state index in [2.05, 4.69) is 28.7 Å². The minimum absolute atomic E-state index is 0.446. The highest BCUT2D eigenvalue weighted by molar-refractivity contribution is 6.09. The maximum Gasteiger partial charge on any atom is 0.135 e. The molecule has 2 aliphatic rings. The van der Waals surface area contributed by atoms with Gasteiger partial charge in [-0.2, -0.15) is 0 Å². The minimum Gasteiger partial charge on any atom is -0.310 e. The largest absolute Gasteiger partial charge is 0.310 e. The second-order valence-corrected chi connectivity index (χ2v) is 3.44. The van der Waals surface area contributed by atoms with Crippen molar-refractivity contribution in [2.75, 3.05) is 6.54 Å². The summed E-state index contributed by atoms with van der Waals surface area (Å²) in [4.78, 5) is 10.8. The van der Waals surface area contributed by atoms with Crippen LogP contribution in [0.3, 0.4) is 0 Å². The molecule has 0 fully saturated rings. The molecule has 0 aromatic carbocycles. The molecule has 0 aromatic rings. The minimum atomic E-state index is 0.446. The Kier molecular flexibility index (Phi) is 2.00. The Morgan fingerprint density at radius 3 is 2.92 bits per heavy atom. The van der Waals surface area contributed by atoms with Crippen LogP contribution < -0.4 is 0 Å². The summed E-state index contributed by atoms with van der Waals surface area (Å²) >= 11 is 0. The lowest BCUT2D eigenvalue weighted by Crippen LogP contribution is -2.41. The van der Waals surface area contributed by atoms with Crippen LogP contribution >= 0.6 is 0 Å². The van der Waals surface area contributed by atoms with Crippen LogP contribution in [0.5, 0.6) is 0 Å². The Bertz CT molecular complexity index is 321. The average Bonchev–Trinajstić information content (AvgIpc) is 2.17. The highest BCUT2D eigenvalue weighted by Crippen LogP contribution is 2.13. The number of hydrogen-bond donors (Lipinski definition) is 0. The first-order chi connectivity index (χ1) is 6.29. The molecule has 68 valence electrons. The van der Waals surface area contributed by atoms with Crippen LogP contribution in [0.4, 0.5) is 0 Å². The van der Waals surface area contributed by atoms with Crippen LogP contribution in [0.15, 0.2) is 34.5 Å². The zero-order valence-corrected chi connectivity index (χ0v) is 7.94. The predicted molar refractivity (Wildman–Crippen MR) is 54.7 cm³/mol. The van der Waals surface area contributed by atoms with Crippen molar-refractivity contribution in [3.05, 3.63) is 24.6 Å². The second-order valence-electron chi connectivity index (χ2n) is 3.44. The third kappa shape index (κ3) is 1.41. The molecule has 3 nitrogen and oxygen atoms in total. The van der Waals surface area contributed by atoms with Crippen molar-refractivity contribution in [2.24, 2.45) is 15.9 Å². The smallest absolute Gasteiger partial charge is 0.135 e. The van der Waals surface area contributed by atoms with Crippen molar-refractivity contribution in [3.8, 4) is 0 Å². The predicted octanol–water partition coefficient (Wildman–Crippen LogP) is 1.80. The summed E-state index contributed by atoms with van der Waals surface area (Å²) in [7, 11) is 0. The van der Waals surface area contributed by atoms with Crippen LogP contribution in [0.1, 0.15) is 13.8 Å². The van der Waals surface area contributed by atoms with Gasteiger partial charge in [0.2, 0.25) is 0 Å². The highest BCUT2D eigenvalue weighted by atomic mass is 15.3. The van der Waals surface area contributed by atoms with Gasteiger partial charge in [-0.25, -0.2) is 9.98 Å². The van der Waals surface area contributed by atoms with Gasteiger partial charge >= 0.3 is 0 Å². The lowest BCUT2D eigenvalue weighted by atomic mass is 10.1. The van der Waals surface area contributed by atoms with E-state index in [1.165, 1.54) is 0 Å². The zero-order valence-electron chi connectivity index (χ0n) is 7.94. The molecule has 0 bridgehead atoms. The zero-order chi connectivity index (χ0) is 9.26. The molecule has 2 rings (SSSR count). The summed E-state index contributed by atoms with van der Waals surface area (Å²) in [6.07, 6.45) is 7.65. The van der Waals surface area contributed by atoms with Crippen LogP contribution in [-0.4, -0.2) is 23.1 Å². The van der Waals surface area contributed by atoms with Gasteiger partial charge in [0.25, 0.3) is 0 Å². The van der Waals surface area contributed by atoms with E-state index in [0.717, 1.165) is 18.2 Å². The topological polar surface area (TPSA) is 28.0 Å². The number of fused-ring (bicyclic) bond motifs is 1. The maximum atomic E-state index is 4.36. The molecule has 0 saturated heterocycles. The molecule has 0 unspecified atom stereocenters. The quantitative estimate of drug-likeness (QED) is 0.597. The van der Waals surface area contributed by atoms with E-state index in [1.807, 2.05) is 24.6 Å². The van der Waals surface area contributed by atoms with Crippen molar-refractivity contribution in [3.63, 3.8) is 0 Å². The number of hydrogen-bond acceptors (Lipinski definition) is 3. The molecule has 0 radical (unpaired) electrons. The number of nitrogens with zero attached hydrogens (tertiary/aromatic N) is 3.